The summed E-state index contributed by atoms with van der Waals surface area (Å²) in [4.78, 5) is 2.37. The normalized spacial score (nSPS) is 16.0. The van der Waals surface area contributed by atoms with E-state index in [-0.39, 0.29) is 0 Å². The minimum absolute atomic E-state index is 0.706. The van der Waals surface area contributed by atoms with Gasteiger partial charge in [0.05, 0.1) is 5.60 Å². The SMILES string of the molecule is Cc1ccccc1CCc1ccc(N2CCC(O)(c3ccc(Cl)cc3)CC2)cc1. The van der Waals surface area contributed by atoms with Crippen LogP contribution >= 0.6 is 11.6 Å². The molecule has 3 aromatic carbocycles. The fraction of sp³-hybridized carbons (Fsp3) is 0.308. The lowest BCUT2D eigenvalue weighted by molar-refractivity contribution is 0.0118. The molecule has 29 heavy (non-hydrogen) atoms. The average molecular weight is 406 g/mol. The maximum Gasteiger partial charge on any atom is 0.0930 e. The summed E-state index contributed by atoms with van der Waals surface area (Å²) in [7, 11) is 0. The number of nitrogens with zero attached hydrogens (tertiary/aromatic N) is 1. The number of halogens is 1. The number of anilines is 1. The molecule has 0 saturated carbocycles. The van der Waals surface area contributed by atoms with Crippen molar-refractivity contribution in [1.82, 2.24) is 0 Å². The topological polar surface area (TPSA) is 23.5 Å². The molecule has 1 fully saturated rings. The van der Waals surface area contributed by atoms with Crippen molar-refractivity contribution in [3.63, 3.8) is 0 Å². The fourth-order valence-electron chi connectivity index (χ4n) is 4.23. The van der Waals surface area contributed by atoms with Crippen LogP contribution in [-0.2, 0) is 18.4 Å². The smallest absolute Gasteiger partial charge is 0.0930 e. The molecule has 3 aromatic rings. The minimum atomic E-state index is -0.755. The summed E-state index contributed by atoms with van der Waals surface area (Å²) in [6, 6.07) is 25.2. The predicted octanol–water partition coefficient (Wildman–Crippen LogP) is 5.92. The fourth-order valence-corrected chi connectivity index (χ4v) is 4.35. The first-order valence-corrected chi connectivity index (χ1v) is 10.8. The van der Waals surface area contributed by atoms with Crippen molar-refractivity contribution >= 4 is 17.3 Å². The van der Waals surface area contributed by atoms with Crippen molar-refractivity contribution in [2.75, 3.05) is 18.0 Å². The van der Waals surface area contributed by atoms with Crippen LogP contribution in [0.15, 0.2) is 72.8 Å². The summed E-state index contributed by atoms with van der Waals surface area (Å²) in [6.07, 6.45) is 3.58. The molecule has 3 heteroatoms. The molecule has 0 radical (unpaired) electrons. The number of aliphatic hydroxyl groups is 1. The highest BCUT2D eigenvalue weighted by Crippen LogP contribution is 2.35. The predicted molar refractivity (Wildman–Crippen MR) is 122 cm³/mol. The van der Waals surface area contributed by atoms with Crippen LogP contribution in [0.25, 0.3) is 0 Å². The Morgan fingerprint density at radius 1 is 0.862 bits per heavy atom. The zero-order valence-corrected chi connectivity index (χ0v) is 17.7. The van der Waals surface area contributed by atoms with E-state index in [0.29, 0.717) is 5.02 Å². The molecular weight excluding hydrogens is 378 g/mol. The van der Waals surface area contributed by atoms with Crippen LogP contribution in [0.1, 0.15) is 35.1 Å². The number of hydrogen-bond acceptors (Lipinski definition) is 2. The van der Waals surface area contributed by atoms with Gasteiger partial charge in [0.1, 0.15) is 0 Å². The van der Waals surface area contributed by atoms with Crippen molar-refractivity contribution in [3.05, 3.63) is 100 Å². The van der Waals surface area contributed by atoms with E-state index in [1.807, 2.05) is 24.3 Å². The molecule has 2 nitrogen and oxygen atoms in total. The van der Waals surface area contributed by atoms with Gasteiger partial charge in [-0.05, 0) is 79.1 Å². The van der Waals surface area contributed by atoms with Crippen LogP contribution in [0, 0.1) is 6.92 Å². The third-order valence-electron chi connectivity index (χ3n) is 6.22. The van der Waals surface area contributed by atoms with Crippen LogP contribution in [0.2, 0.25) is 5.02 Å². The highest BCUT2D eigenvalue weighted by Gasteiger charge is 2.33. The van der Waals surface area contributed by atoms with E-state index < -0.39 is 5.60 Å². The van der Waals surface area contributed by atoms with Gasteiger partial charge in [-0.25, -0.2) is 0 Å². The number of rotatable bonds is 5. The van der Waals surface area contributed by atoms with E-state index in [4.69, 9.17) is 11.6 Å². The Morgan fingerprint density at radius 3 is 2.17 bits per heavy atom. The van der Waals surface area contributed by atoms with E-state index in [1.54, 1.807) is 0 Å². The monoisotopic (exact) mass is 405 g/mol. The molecule has 1 saturated heterocycles. The molecule has 1 N–H and O–H groups in total. The maximum absolute atomic E-state index is 11.1. The van der Waals surface area contributed by atoms with E-state index in [0.717, 1.165) is 44.3 Å². The lowest BCUT2D eigenvalue weighted by Crippen LogP contribution is -2.42. The lowest BCUT2D eigenvalue weighted by Gasteiger charge is -2.39. The van der Waals surface area contributed by atoms with Gasteiger partial charge in [-0.2, -0.15) is 0 Å². The Balaban J connectivity index is 1.35. The molecule has 0 amide bonds. The minimum Gasteiger partial charge on any atom is -0.385 e. The standard InChI is InChI=1S/C26H28ClNO/c1-20-4-2-3-5-22(20)9-6-21-7-14-25(15-8-21)28-18-16-26(29,17-19-28)23-10-12-24(27)13-11-23/h2-5,7-8,10-15,29H,6,9,16-19H2,1H3. The van der Waals surface area contributed by atoms with E-state index in [1.165, 1.54) is 22.4 Å². The average Bonchev–Trinajstić information content (AvgIpc) is 2.75. The van der Waals surface area contributed by atoms with E-state index in [9.17, 15) is 5.11 Å². The first-order valence-electron chi connectivity index (χ1n) is 10.4. The van der Waals surface area contributed by atoms with Gasteiger partial charge in [-0.1, -0.05) is 60.1 Å². The highest BCUT2D eigenvalue weighted by atomic mass is 35.5. The summed E-state index contributed by atoms with van der Waals surface area (Å²) < 4.78 is 0. The zero-order valence-electron chi connectivity index (χ0n) is 16.9. The Kier molecular flexibility index (Phi) is 5.94. The van der Waals surface area contributed by atoms with Crippen LogP contribution < -0.4 is 4.90 Å². The largest absolute Gasteiger partial charge is 0.385 e. The van der Waals surface area contributed by atoms with Crippen LogP contribution in [0.5, 0.6) is 0 Å². The van der Waals surface area contributed by atoms with Gasteiger partial charge in [-0.15, -0.1) is 0 Å². The summed E-state index contributed by atoms with van der Waals surface area (Å²) in [5.41, 5.74) is 5.61. The molecule has 0 aromatic heterocycles. The first-order chi connectivity index (χ1) is 14.0. The lowest BCUT2D eigenvalue weighted by atomic mass is 9.84. The second-order valence-corrected chi connectivity index (χ2v) is 8.55. The summed E-state index contributed by atoms with van der Waals surface area (Å²) in [5, 5.41) is 11.8. The Labute approximate surface area is 178 Å². The summed E-state index contributed by atoms with van der Waals surface area (Å²) in [5.74, 6) is 0. The van der Waals surface area contributed by atoms with Crippen molar-refractivity contribution in [2.45, 2.75) is 38.2 Å². The molecular formula is C26H28ClNO. The molecule has 1 aliphatic rings. The van der Waals surface area contributed by atoms with Gasteiger partial charge in [0.15, 0.2) is 0 Å². The third kappa shape index (κ3) is 4.66. The van der Waals surface area contributed by atoms with Crippen molar-refractivity contribution in [1.29, 1.82) is 0 Å². The summed E-state index contributed by atoms with van der Waals surface area (Å²) >= 11 is 5.99. The van der Waals surface area contributed by atoms with Crippen molar-refractivity contribution in [2.24, 2.45) is 0 Å². The van der Waals surface area contributed by atoms with Gasteiger partial charge in [0, 0.05) is 23.8 Å². The number of benzene rings is 3. The molecule has 0 bridgehead atoms. The van der Waals surface area contributed by atoms with Crippen LogP contribution in [0.4, 0.5) is 5.69 Å². The second-order valence-electron chi connectivity index (χ2n) is 8.12. The van der Waals surface area contributed by atoms with Crippen LogP contribution in [-0.4, -0.2) is 18.2 Å². The molecule has 0 unspecified atom stereocenters. The molecule has 150 valence electrons. The molecule has 4 rings (SSSR count). The molecule has 0 atom stereocenters. The van der Waals surface area contributed by atoms with Crippen LogP contribution in [0.3, 0.4) is 0 Å². The quantitative estimate of drug-likeness (QED) is 0.569. The van der Waals surface area contributed by atoms with Gasteiger partial charge in [-0.3, -0.25) is 0 Å². The van der Waals surface area contributed by atoms with Crippen molar-refractivity contribution in [3.8, 4) is 0 Å². The number of aryl methyl sites for hydroxylation is 3. The molecule has 1 aliphatic heterocycles. The van der Waals surface area contributed by atoms with E-state index >= 15 is 0 Å². The Hall–Kier alpha value is -2.29. The third-order valence-corrected chi connectivity index (χ3v) is 6.47. The summed E-state index contributed by atoms with van der Waals surface area (Å²) in [6.45, 7) is 3.88. The number of piperidine rings is 1. The van der Waals surface area contributed by atoms with Crippen molar-refractivity contribution < 1.29 is 5.11 Å². The maximum atomic E-state index is 11.1. The highest BCUT2D eigenvalue weighted by molar-refractivity contribution is 6.30. The second kappa shape index (κ2) is 8.61. The Bertz CT molecular complexity index is 941. The number of hydrogen-bond donors (Lipinski definition) is 1. The van der Waals surface area contributed by atoms with Gasteiger partial charge < -0.3 is 10.0 Å². The first kappa shape index (κ1) is 20.0. The van der Waals surface area contributed by atoms with E-state index in [2.05, 4.69) is 60.4 Å². The molecule has 0 spiro atoms. The van der Waals surface area contributed by atoms with Gasteiger partial charge >= 0.3 is 0 Å². The zero-order chi connectivity index (χ0) is 20.3. The molecule has 1 heterocycles. The van der Waals surface area contributed by atoms with Gasteiger partial charge in [0.2, 0.25) is 0 Å². The Morgan fingerprint density at radius 2 is 1.52 bits per heavy atom. The van der Waals surface area contributed by atoms with Gasteiger partial charge in [0.25, 0.3) is 0 Å². The molecule has 0 aliphatic carbocycles.